The van der Waals surface area contributed by atoms with Gasteiger partial charge in [-0.15, -0.1) is 11.8 Å². The molecule has 3 aromatic rings. The Hall–Kier alpha value is -2.58. The molecule has 2 aromatic heterocycles. The molecule has 1 fully saturated rings. The number of thioether (sulfide) groups is 1. The fraction of sp³-hybridized carbons (Fsp3) is 0.318. The third kappa shape index (κ3) is 3.15. The van der Waals surface area contributed by atoms with Crippen LogP contribution in [0.4, 0.5) is 10.7 Å². The summed E-state index contributed by atoms with van der Waals surface area (Å²) in [6, 6.07) is 9.40. The van der Waals surface area contributed by atoms with Crippen LogP contribution in [0.2, 0.25) is 0 Å². The smallest absolute Gasteiger partial charge is 0.257 e. The van der Waals surface area contributed by atoms with Crippen LogP contribution in [0, 0.1) is 6.92 Å². The van der Waals surface area contributed by atoms with Crippen molar-refractivity contribution < 1.29 is 9.59 Å². The molecule has 5 rings (SSSR count). The van der Waals surface area contributed by atoms with Gasteiger partial charge in [-0.2, -0.15) is 0 Å². The number of nitrogens with two attached hydrogens (primary N) is 2. The van der Waals surface area contributed by atoms with Crippen molar-refractivity contribution >= 4 is 55.7 Å². The number of nitrogens with zero attached hydrogens (tertiary/aromatic N) is 2. The molecule has 1 spiro atoms. The Morgan fingerprint density at radius 1 is 1.17 bits per heavy atom. The van der Waals surface area contributed by atoms with Crippen molar-refractivity contribution in [2.45, 2.75) is 35.8 Å². The van der Waals surface area contributed by atoms with Crippen LogP contribution >= 0.6 is 23.1 Å². The Balaban J connectivity index is 1.37. The van der Waals surface area contributed by atoms with Crippen LogP contribution in [-0.4, -0.2) is 39.4 Å². The van der Waals surface area contributed by atoms with Crippen molar-refractivity contribution in [2.75, 3.05) is 24.6 Å². The number of benzene rings is 1. The van der Waals surface area contributed by atoms with Crippen molar-refractivity contribution in [2.24, 2.45) is 0 Å². The van der Waals surface area contributed by atoms with Crippen molar-refractivity contribution in [3.05, 3.63) is 47.2 Å². The predicted molar refractivity (Wildman–Crippen MR) is 122 cm³/mol. The lowest BCUT2D eigenvalue weighted by molar-refractivity contribution is 0.0699. The summed E-state index contributed by atoms with van der Waals surface area (Å²) in [5.74, 6) is 0.102. The number of nitrogen functional groups attached to an aromatic ring is 2. The third-order valence-corrected chi connectivity index (χ3v) is 8.50. The second kappa shape index (κ2) is 6.99. The minimum absolute atomic E-state index is 0.0421. The van der Waals surface area contributed by atoms with Gasteiger partial charge in [-0.25, -0.2) is 4.98 Å². The lowest BCUT2D eigenvalue weighted by Gasteiger charge is -2.43. The molecule has 2 aliphatic rings. The molecule has 0 radical (unpaired) electrons. The number of hydrogen-bond donors (Lipinski definition) is 2. The van der Waals surface area contributed by atoms with Crippen molar-refractivity contribution in [1.82, 2.24) is 9.88 Å². The Labute approximate surface area is 182 Å². The van der Waals surface area contributed by atoms with Crippen LogP contribution in [0.3, 0.4) is 0 Å². The van der Waals surface area contributed by atoms with Gasteiger partial charge < -0.3 is 16.4 Å². The Morgan fingerprint density at radius 2 is 1.93 bits per heavy atom. The number of Topliss-reactive ketones (excluding diaryl/α,β-unsaturated/α-hetero) is 1. The first kappa shape index (κ1) is 19.4. The molecule has 1 amide bonds. The van der Waals surface area contributed by atoms with Gasteiger partial charge in [0.15, 0.2) is 5.78 Å². The van der Waals surface area contributed by atoms with Crippen molar-refractivity contribution in [3.8, 4) is 0 Å². The number of carbonyl (C=O) groups excluding carboxylic acids is 2. The van der Waals surface area contributed by atoms with Gasteiger partial charge in [-0.1, -0.05) is 11.3 Å². The molecule has 0 atom stereocenters. The summed E-state index contributed by atoms with van der Waals surface area (Å²) in [7, 11) is 0. The number of fused-ring (bicyclic) bond motifs is 2. The zero-order valence-corrected chi connectivity index (χ0v) is 18.2. The number of anilines is 2. The van der Waals surface area contributed by atoms with E-state index in [0.29, 0.717) is 35.8 Å². The summed E-state index contributed by atoms with van der Waals surface area (Å²) in [5.41, 5.74) is 14.9. The fourth-order valence-corrected chi connectivity index (χ4v) is 6.83. The molecule has 154 valence electrons. The van der Waals surface area contributed by atoms with E-state index in [1.807, 2.05) is 36.1 Å². The first-order chi connectivity index (χ1) is 14.3. The number of aryl methyl sites for hydroxylation is 1. The normalized spacial score (nSPS) is 18.0. The zero-order chi connectivity index (χ0) is 21.0. The highest BCUT2D eigenvalue weighted by Gasteiger charge is 2.43. The third-order valence-electron chi connectivity index (χ3n) is 6.01. The number of carbonyl (C=O) groups is 2. The maximum atomic E-state index is 13.3. The highest BCUT2D eigenvalue weighted by molar-refractivity contribution is 8.01. The Morgan fingerprint density at radius 3 is 2.70 bits per heavy atom. The summed E-state index contributed by atoms with van der Waals surface area (Å²) in [6.07, 6.45) is 2.04. The number of hydrogen-bond acceptors (Lipinski definition) is 7. The first-order valence-corrected chi connectivity index (χ1v) is 11.6. The molecule has 6 nitrogen and oxygen atoms in total. The number of rotatable bonds is 1. The van der Waals surface area contributed by atoms with Gasteiger partial charge in [0.05, 0.1) is 5.56 Å². The SMILES string of the molecule is Cc1ccc2c(C(=O)N3CCC4(CC3)CC(=O)c3cc(N)ccc3S4)c(N)sc2n1. The number of aromatic nitrogens is 1. The molecule has 0 unspecified atom stereocenters. The van der Waals surface area contributed by atoms with Gasteiger partial charge in [0, 0.05) is 51.5 Å². The zero-order valence-electron chi connectivity index (χ0n) is 16.6. The topological polar surface area (TPSA) is 102 Å². The van der Waals surface area contributed by atoms with Gasteiger partial charge in [0.25, 0.3) is 5.91 Å². The molecule has 8 heteroatoms. The lowest BCUT2D eigenvalue weighted by atomic mass is 9.87. The van der Waals surface area contributed by atoms with Crippen LogP contribution in [0.25, 0.3) is 10.2 Å². The van der Waals surface area contributed by atoms with E-state index in [0.717, 1.165) is 39.2 Å². The molecular formula is C22H22N4O2S2. The van der Waals surface area contributed by atoms with E-state index in [2.05, 4.69) is 4.98 Å². The van der Waals surface area contributed by atoms with Gasteiger partial charge in [-0.3, -0.25) is 9.59 Å². The van der Waals surface area contributed by atoms with Crippen molar-refractivity contribution in [1.29, 1.82) is 0 Å². The minimum Gasteiger partial charge on any atom is -0.399 e. The van der Waals surface area contributed by atoms with Gasteiger partial charge in [0.2, 0.25) is 0 Å². The van der Waals surface area contributed by atoms with Crippen LogP contribution in [0.5, 0.6) is 0 Å². The van der Waals surface area contributed by atoms with E-state index in [-0.39, 0.29) is 16.4 Å². The fourth-order valence-electron chi connectivity index (χ4n) is 4.38. The Kier molecular flexibility index (Phi) is 4.52. The molecule has 4 N–H and O–H groups in total. The number of thiophene rings is 1. The summed E-state index contributed by atoms with van der Waals surface area (Å²) in [5, 5.41) is 1.34. The van der Waals surface area contributed by atoms with E-state index >= 15 is 0 Å². The van der Waals surface area contributed by atoms with Crippen LogP contribution in [0.1, 0.15) is 45.7 Å². The Bertz CT molecular complexity index is 1200. The average molecular weight is 439 g/mol. The standard InChI is InChI=1S/C22H22N4O2S2/c1-12-2-4-14-18(19(24)29-20(14)25-12)21(28)26-8-6-22(7-9-26)11-16(27)15-10-13(23)3-5-17(15)30-22/h2-5,10H,6-9,11,23-24H2,1H3. The molecule has 2 aliphatic heterocycles. The number of ketones is 1. The van der Waals surface area contributed by atoms with Gasteiger partial charge >= 0.3 is 0 Å². The highest BCUT2D eigenvalue weighted by Crippen LogP contribution is 2.49. The molecule has 0 saturated carbocycles. The summed E-state index contributed by atoms with van der Waals surface area (Å²) >= 11 is 3.12. The number of likely N-dealkylation sites (tertiary alicyclic amines) is 1. The summed E-state index contributed by atoms with van der Waals surface area (Å²) < 4.78 is -0.155. The molecular weight excluding hydrogens is 416 g/mol. The van der Waals surface area contributed by atoms with Crippen LogP contribution in [-0.2, 0) is 0 Å². The largest absolute Gasteiger partial charge is 0.399 e. The maximum absolute atomic E-state index is 13.3. The molecule has 1 aromatic carbocycles. The number of pyridine rings is 1. The quantitative estimate of drug-likeness (QED) is 0.554. The first-order valence-electron chi connectivity index (χ1n) is 9.92. The van der Waals surface area contributed by atoms with Gasteiger partial charge in [0.1, 0.15) is 9.83 Å². The average Bonchev–Trinajstić information content (AvgIpc) is 3.03. The van der Waals surface area contributed by atoms with Crippen LogP contribution < -0.4 is 11.5 Å². The monoisotopic (exact) mass is 438 g/mol. The second-order valence-corrected chi connectivity index (χ2v) is 10.6. The molecule has 30 heavy (non-hydrogen) atoms. The molecule has 0 bridgehead atoms. The van der Waals surface area contributed by atoms with E-state index in [1.54, 1.807) is 17.8 Å². The maximum Gasteiger partial charge on any atom is 0.257 e. The minimum atomic E-state index is -0.155. The summed E-state index contributed by atoms with van der Waals surface area (Å²) in [4.78, 5) is 34.2. The lowest BCUT2D eigenvalue weighted by Crippen LogP contribution is -2.47. The second-order valence-electron chi connectivity index (χ2n) is 8.08. The van der Waals surface area contributed by atoms with E-state index < -0.39 is 0 Å². The molecule has 1 saturated heterocycles. The van der Waals surface area contributed by atoms with E-state index in [4.69, 9.17) is 11.5 Å². The molecule has 4 heterocycles. The van der Waals surface area contributed by atoms with Crippen LogP contribution in [0.15, 0.2) is 35.2 Å². The molecule has 0 aliphatic carbocycles. The van der Waals surface area contributed by atoms with E-state index in [9.17, 15) is 9.59 Å². The number of piperidine rings is 1. The summed E-state index contributed by atoms with van der Waals surface area (Å²) in [6.45, 7) is 3.15. The van der Waals surface area contributed by atoms with Crippen molar-refractivity contribution in [3.63, 3.8) is 0 Å². The van der Waals surface area contributed by atoms with Gasteiger partial charge in [-0.05, 0) is 50.1 Å². The predicted octanol–water partition coefficient (Wildman–Crippen LogP) is 4.12. The highest BCUT2D eigenvalue weighted by atomic mass is 32.2. The number of amides is 1. The van der Waals surface area contributed by atoms with E-state index in [1.165, 1.54) is 11.3 Å².